The van der Waals surface area contributed by atoms with Crippen LogP contribution in [-0.2, 0) is 0 Å². The van der Waals surface area contributed by atoms with Crippen LogP contribution in [0.3, 0.4) is 0 Å². The molecule has 0 spiro atoms. The number of nitrogen functional groups attached to an aromatic ring is 1. The van der Waals surface area contributed by atoms with Gasteiger partial charge in [0, 0.05) is 5.69 Å². The third kappa shape index (κ3) is 1.05. The van der Waals surface area contributed by atoms with E-state index in [0.29, 0.717) is 0 Å². The molecule has 0 aliphatic carbocycles. The highest BCUT2D eigenvalue weighted by Gasteiger charge is 2.10. The minimum absolute atomic E-state index is 0.119. The summed E-state index contributed by atoms with van der Waals surface area (Å²) in [4.78, 5) is 0. The van der Waals surface area contributed by atoms with Crippen LogP contribution in [0.4, 0.5) is 5.69 Å². The predicted octanol–water partition coefficient (Wildman–Crippen LogP) is 1.72. The number of hydrogen-bond acceptors (Lipinski definition) is 2. The van der Waals surface area contributed by atoms with Crippen molar-refractivity contribution in [2.45, 2.75) is 6.04 Å². The lowest BCUT2D eigenvalue weighted by Gasteiger charge is -2.19. The van der Waals surface area contributed by atoms with E-state index in [9.17, 15) is 0 Å². The molecule has 61 valence electrons. The van der Waals surface area contributed by atoms with Crippen molar-refractivity contribution in [3.8, 4) is 0 Å². The van der Waals surface area contributed by atoms with E-state index < -0.39 is 0 Å². The van der Waals surface area contributed by atoms with Gasteiger partial charge in [0.05, 0.1) is 6.04 Å². The van der Waals surface area contributed by atoms with Crippen LogP contribution in [0.15, 0.2) is 24.4 Å². The first-order valence-electron chi connectivity index (χ1n) is 3.92. The number of benzene rings is 1. The van der Waals surface area contributed by atoms with Gasteiger partial charge in [-0.15, -0.1) is 0 Å². The number of hydrogen-bond donors (Lipinski definition) is 2. The van der Waals surface area contributed by atoms with Crippen LogP contribution in [-0.4, -0.2) is 0 Å². The molecule has 1 heterocycles. The fourth-order valence-electron chi connectivity index (χ4n) is 1.39. The van der Waals surface area contributed by atoms with Gasteiger partial charge >= 0.3 is 0 Å². The molecular weight excluding hydrogens is 148 g/mol. The lowest BCUT2D eigenvalue weighted by atomic mass is 9.98. The van der Waals surface area contributed by atoms with E-state index in [0.717, 1.165) is 11.3 Å². The molecule has 1 atom stereocenters. The Kier molecular flexibility index (Phi) is 1.54. The Hall–Kier alpha value is -1.44. The van der Waals surface area contributed by atoms with Gasteiger partial charge in [0.1, 0.15) is 0 Å². The van der Waals surface area contributed by atoms with Gasteiger partial charge in [-0.25, -0.2) is 0 Å². The molecule has 1 aliphatic rings. The molecule has 1 radical (unpaired) electrons. The van der Waals surface area contributed by atoms with Crippen LogP contribution in [0.25, 0.3) is 6.08 Å². The Morgan fingerprint density at radius 1 is 1.42 bits per heavy atom. The molecule has 1 aromatic carbocycles. The second kappa shape index (κ2) is 2.55. The van der Waals surface area contributed by atoms with Gasteiger partial charge < -0.3 is 11.1 Å². The van der Waals surface area contributed by atoms with E-state index in [1.807, 2.05) is 30.5 Å². The number of fused-ring (bicyclic) bond motifs is 1. The normalized spacial score (nSPS) is 19.9. The smallest absolute Gasteiger partial charge is 0.0515 e. The molecule has 12 heavy (non-hydrogen) atoms. The van der Waals surface area contributed by atoms with Crippen LogP contribution in [0.2, 0.25) is 0 Å². The van der Waals surface area contributed by atoms with Crippen molar-refractivity contribution in [3.63, 3.8) is 0 Å². The highest BCUT2D eigenvalue weighted by Crippen LogP contribution is 2.24. The largest absolute Gasteiger partial charge is 0.399 e. The van der Waals surface area contributed by atoms with Gasteiger partial charge in [0.25, 0.3) is 0 Å². The van der Waals surface area contributed by atoms with Crippen molar-refractivity contribution in [1.29, 1.82) is 0 Å². The van der Waals surface area contributed by atoms with E-state index >= 15 is 0 Å². The van der Waals surface area contributed by atoms with Crippen LogP contribution >= 0.6 is 0 Å². The first-order valence-corrected chi connectivity index (χ1v) is 3.92. The Bertz CT molecular complexity index is 329. The van der Waals surface area contributed by atoms with Crippen molar-refractivity contribution in [2.24, 2.45) is 0 Å². The average Bonchev–Trinajstić information content (AvgIpc) is 2.07. The van der Waals surface area contributed by atoms with Crippen molar-refractivity contribution in [2.75, 3.05) is 5.73 Å². The summed E-state index contributed by atoms with van der Waals surface area (Å²) < 4.78 is 0. The molecule has 0 aromatic heterocycles. The fraction of sp³-hybridized carbons (Fsp3) is 0.100. The quantitative estimate of drug-likeness (QED) is 0.565. The molecule has 1 unspecified atom stereocenters. The Morgan fingerprint density at radius 2 is 2.25 bits per heavy atom. The Labute approximate surface area is 72.1 Å². The predicted molar refractivity (Wildman–Crippen MR) is 51.1 cm³/mol. The highest BCUT2D eigenvalue weighted by molar-refractivity contribution is 5.61. The van der Waals surface area contributed by atoms with Crippen molar-refractivity contribution < 1.29 is 0 Å². The SMILES string of the molecule is [CH2]C1NC=Cc2ccc(N)cc21. The van der Waals surface area contributed by atoms with Gasteiger partial charge in [-0.2, -0.15) is 0 Å². The standard InChI is InChI=1S/C10H11N2/c1-7-10-6-9(11)3-2-8(10)4-5-12-7/h2-7,12H,1,11H2. The molecule has 0 saturated carbocycles. The first-order chi connectivity index (χ1) is 5.77. The molecule has 1 aliphatic heterocycles. The molecule has 0 amide bonds. The Morgan fingerprint density at radius 3 is 3.08 bits per heavy atom. The topological polar surface area (TPSA) is 38.0 Å². The minimum atomic E-state index is 0.119. The van der Waals surface area contributed by atoms with Gasteiger partial charge in [0.15, 0.2) is 0 Å². The van der Waals surface area contributed by atoms with Crippen molar-refractivity contribution >= 4 is 11.8 Å². The molecule has 2 rings (SSSR count). The molecule has 3 N–H and O–H groups in total. The maximum absolute atomic E-state index is 5.66. The molecule has 0 fully saturated rings. The fourth-order valence-corrected chi connectivity index (χ4v) is 1.39. The summed E-state index contributed by atoms with van der Waals surface area (Å²) in [7, 11) is 0. The van der Waals surface area contributed by atoms with Gasteiger partial charge in [-0.1, -0.05) is 6.07 Å². The summed E-state index contributed by atoms with van der Waals surface area (Å²) in [6.07, 6.45) is 3.94. The number of rotatable bonds is 0. The zero-order valence-corrected chi connectivity index (χ0v) is 6.75. The van der Waals surface area contributed by atoms with Crippen molar-refractivity contribution in [3.05, 3.63) is 42.4 Å². The maximum Gasteiger partial charge on any atom is 0.0515 e. The van der Waals surface area contributed by atoms with Gasteiger partial charge in [0.2, 0.25) is 0 Å². The number of nitrogens with two attached hydrogens (primary N) is 1. The lowest BCUT2D eigenvalue weighted by molar-refractivity contribution is 0.743. The van der Waals surface area contributed by atoms with Crippen LogP contribution in [0.5, 0.6) is 0 Å². The molecule has 2 heteroatoms. The summed E-state index contributed by atoms with van der Waals surface area (Å²) in [6, 6.07) is 6.00. The first kappa shape index (κ1) is 7.22. The van der Waals surface area contributed by atoms with E-state index in [-0.39, 0.29) is 6.04 Å². The third-order valence-corrected chi connectivity index (χ3v) is 2.05. The molecule has 1 aromatic rings. The summed E-state index contributed by atoms with van der Waals surface area (Å²) in [5.41, 5.74) is 8.82. The van der Waals surface area contributed by atoms with E-state index in [4.69, 9.17) is 5.73 Å². The summed E-state index contributed by atoms with van der Waals surface area (Å²) >= 11 is 0. The zero-order chi connectivity index (χ0) is 8.55. The second-order valence-corrected chi connectivity index (χ2v) is 2.94. The minimum Gasteiger partial charge on any atom is -0.399 e. The average molecular weight is 159 g/mol. The van der Waals surface area contributed by atoms with Crippen molar-refractivity contribution in [1.82, 2.24) is 5.32 Å². The molecule has 2 nitrogen and oxygen atoms in total. The summed E-state index contributed by atoms with van der Waals surface area (Å²) in [5, 5.41) is 3.12. The highest BCUT2D eigenvalue weighted by atomic mass is 14.9. The Balaban J connectivity index is 2.56. The van der Waals surface area contributed by atoms with E-state index in [1.54, 1.807) is 0 Å². The van der Waals surface area contributed by atoms with Gasteiger partial charge in [-0.05, 0) is 42.5 Å². The van der Waals surface area contributed by atoms with Crippen LogP contribution < -0.4 is 11.1 Å². The van der Waals surface area contributed by atoms with Crippen LogP contribution in [0, 0.1) is 6.92 Å². The molecule has 0 saturated heterocycles. The number of anilines is 1. The maximum atomic E-state index is 5.66. The number of nitrogens with one attached hydrogen (secondary N) is 1. The van der Waals surface area contributed by atoms with Gasteiger partial charge in [-0.3, -0.25) is 0 Å². The van der Waals surface area contributed by atoms with E-state index in [2.05, 4.69) is 12.2 Å². The molecule has 0 bridgehead atoms. The van der Waals surface area contributed by atoms with Crippen LogP contribution in [0.1, 0.15) is 17.2 Å². The molecular formula is C10H11N2. The zero-order valence-electron chi connectivity index (χ0n) is 6.75. The third-order valence-electron chi connectivity index (χ3n) is 2.05. The van der Waals surface area contributed by atoms with E-state index in [1.165, 1.54) is 5.56 Å². The monoisotopic (exact) mass is 159 g/mol. The lowest BCUT2D eigenvalue weighted by Crippen LogP contribution is -2.16. The second-order valence-electron chi connectivity index (χ2n) is 2.94. The summed E-state index contributed by atoms with van der Waals surface area (Å²) in [5.74, 6) is 0. The summed E-state index contributed by atoms with van der Waals surface area (Å²) in [6.45, 7) is 3.96.